The quantitative estimate of drug-likeness (QED) is 0.741. The number of aryl methyl sites for hydroxylation is 1. The van der Waals surface area contributed by atoms with Crippen molar-refractivity contribution in [3.05, 3.63) is 35.1 Å². The van der Waals surface area contributed by atoms with E-state index in [0.717, 1.165) is 5.56 Å². The van der Waals surface area contributed by atoms with E-state index in [1.54, 1.807) is 19.9 Å². The first-order valence-corrected chi connectivity index (χ1v) is 4.19. The lowest BCUT2D eigenvalue weighted by Crippen LogP contribution is -2.23. The van der Waals surface area contributed by atoms with E-state index in [9.17, 15) is 9.18 Å². The Morgan fingerprint density at radius 2 is 2.23 bits per heavy atom. The minimum atomic E-state index is -0.467. The van der Waals surface area contributed by atoms with Gasteiger partial charge in [-0.2, -0.15) is 0 Å². The molecule has 0 saturated carbocycles. The zero-order chi connectivity index (χ0) is 9.84. The zero-order valence-corrected chi connectivity index (χ0v) is 7.73. The highest BCUT2D eigenvalue weighted by Crippen LogP contribution is 2.09. The van der Waals surface area contributed by atoms with Crippen LogP contribution in [0.3, 0.4) is 0 Å². The van der Waals surface area contributed by atoms with Gasteiger partial charge in [-0.15, -0.1) is 0 Å². The molecular weight excluding hydrogens is 169 g/mol. The molecule has 70 valence electrons. The Morgan fingerprint density at radius 1 is 1.54 bits per heavy atom. The standard InChI is InChI=1S/C10H12FNO/c1-3-12-10(13)8-5-4-7(2)6-9(8)11/h4-6H,3H2,1-2H3,(H,12,13). The number of benzene rings is 1. The second-order valence-electron chi connectivity index (χ2n) is 2.84. The number of carbonyl (C=O) groups excluding carboxylic acids is 1. The molecule has 3 heteroatoms. The summed E-state index contributed by atoms with van der Waals surface area (Å²) in [6.07, 6.45) is 0. The summed E-state index contributed by atoms with van der Waals surface area (Å²) < 4.78 is 13.2. The lowest BCUT2D eigenvalue weighted by Gasteiger charge is -2.03. The molecule has 0 unspecified atom stereocenters. The Balaban J connectivity index is 2.95. The van der Waals surface area contributed by atoms with Crippen molar-refractivity contribution in [2.24, 2.45) is 0 Å². The van der Waals surface area contributed by atoms with Crippen LogP contribution in [-0.4, -0.2) is 12.5 Å². The molecule has 0 atom stereocenters. The molecule has 0 spiro atoms. The molecule has 1 rings (SSSR count). The van der Waals surface area contributed by atoms with Crippen LogP contribution in [0.25, 0.3) is 0 Å². The lowest BCUT2D eigenvalue weighted by atomic mass is 10.1. The highest BCUT2D eigenvalue weighted by Gasteiger charge is 2.09. The molecule has 0 aliphatic rings. The van der Waals surface area contributed by atoms with E-state index in [1.807, 2.05) is 0 Å². The number of halogens is 1. The minimum absolute atomic E-state index is 0.104. The van der Waals surface area contributed by atoms with Crippen LogP contribution in [0.15, 0.2) is 18.2 Å². The van der Waals surface area contributed by atoms with Gasteiger partial charge in [0.2, 0.25) is 0 Å². The fourth-order valence-electron chi connectivity index (χ4n) is 1.06. The molecule has 0 radical (unpaired) electrons. The normalized spacial score (nSPS) is 9.77. The van der Waals surface area contributed by atoms with Crippen molar-refractivity contribution >= 4 is 5.91 Å². The monoisotopic (exact) mass is 181 g/mol. The van der Waals surface area contributed by atoms with Gasteiger partial charge in [0.25, 0.3) is 5.91 Å². The zero-order valence-electron chi connectivity index (χ0n) is 7.73. The molecule has 0 heterocycles. The second kappa shape index (κ2) is 4.03. The molecule has 2 nitrogen and oxygen atoms in total. The molecule has 0 bridgehead atoms. The van der Waals surface area contributed by atoms with E-state index < -0.39 is 5.82 Å². The average molecular weight is 181 g/mol. The summed E-state index contributed by atoms with van der Waals surface area (Å²) in [7, 11) is 0. The van der Waals surface area contributed by atoms with Gasteiger partial charge < -0.3 is 5.32 Å². The van der Waals surface area contributed by atoms with Gasteiger partial charge in [-0.05, 0) is 31.5 Å². The summed E-state index contributed by atoms with van der Waals surface area (Å²) >= 11 is 0. The summed E-state index contributed by atoms with van der Waals surface area (Å²) in [5.41, 5.74) is 0.915. The van der Waals surface area contributed by atoms with Gasteiger partial charge in [0.15, 0.2) is 0 Å². The fraction of sp³-hybridized carbons (Fsp3) is 0.300. The number of nitrogens with one attached hydrogen (secondary N) is 1. The summed E-state index contributed by atoms with van der Waals surface area (Å²) in [4.78, 5) is 11.2. The Hall–Kier alpha value is -1.38. The topological polar surface area (TPSA) is 29.1 Å². The number of hydrogen-bond donors (Lipinski definition) is 1. The number of amides is 1. The Kier molecular flexibility index (Phi) is 3.01. The number of hydrogen-bond acceptors (Lipinski definition) is 1. The molecule has 1 amide bonds. The van der Waals surface area contributed by atoms with Gasteiger partial charge in [-0.25, -0.2) is 4.39 Å². The van der Waals surface area contributed by atoms with Crippen LogP contribution < -0.4 is 5.32 Å². The molecule has 1 aromatic rings. The Morgan fingerprint density at radius 3 is 2.77 bits per heavy atom. The largest absolute Gasteiger partial charge is 0.352 e. The van der Waals surface area contributed by atoms with Gasteiger partial charge in [0, 0.05) is 6.54 Å². The van der Waals surface area contributed by atoms with Gasteiger partial charge in [0.1, 0.15) is 5.82 Å². The minimum Gasteiger partial charge on any atom is -0.352 e. The van der Waals surface area contributed by atoms with Crippen LogP contribution >= 0.6 is 0 Å². The van der Waals surface area contributed by atoms with Crippen molar-refractivity contribution < 1.29 is 9.18 Å². The number of carbonyl (C=O) groups is 1. The third-order valence-corrected chi connectivity index (χ3v) is 1.71. The van der Waals surface area contributed by atoms with Crippen LogP contribution in [0.2, 0.25) is 0 Å². The summed E-state index contributed by atoms with van der Waals surface area (Å²) in [5, 5.41) is 2.54. The maximum atomic E-state index is 13.2. The Labute approximate surface area is 76.8 Å². The molecule has 13 heavy (non-hydrogen) atoms. The highest BCUT2D eigenvalue weighted by molar-refractivity contribution is 5.94. The first-order valence-electron chi connectivity index (χ1n) is 4.19. The molecule has 1 N–H and O–H groups in total. The number of rotatable bonds is 2. The molecule has 0 aliphatic heterocycles. The second-order valence-corrected chi connectivity index (χ2v) is 2.84. The fourth-order valence-corrected chi connectivity index (χ4v) is 1.06. The predicted octanol–water partition coefficient (Wildman–Crippen LogP) is 1.88. The molecule has 1 aromatic carbocycles. The molecule has 0 aromatic heterocycles. The summed E-state index contributed by atoms with van der Waals surface area (Å²) in [5.74, 6) is -0.828. The van der Waals surface area contributed by atoms with E-state index in [1.165, 1.54) is 12.1 Å². The maximum Gasteiger partial charge on any atom is 0.254 e. The van der Waals surface area contributed by atoms with Crippen LogP contribution in [0.4, 0.5) is 4.39 Å². The van der Waals surface area contributed by atoms with Crippen molar-refractivity contribution in [3.8, 4) is 0 Å². The summed E-state index contributed by atoms with van der Waals surface area (Å²) in [6, 6.07) is 4.56. The van der Waals surface area contributed by atoms with Crippen LogP contribution in [-0.2, 0) is 0 Å². The van der Waals surface area contributed by atoms with E-state index in [4.69, 9.17) is 0 Å². The van der Waals surface area contributed by atoms with Crippen LogP contribution in [0.5, 0.6) is 0 Å². The molecule has 0 aliphatic carbocycles. The third kappa shape index (κ3) is 2.28. The van der Waals surface area contributed by atoms with Crippen molar-refractivity contribution in [3.63, 3.8) is 0 Å². The lowest BCUT2D eigenvalue weighted by molar-refractivity contribution is 0.0952. The van der Waals surface area contributed by atoms with Gasteiger partial charge in [0.05, 0.1) is 5.56 Å². The highest BCUT2D eigenvalue weighted by atomic mass is 19.1. The van der Waals surface area contributed by atoms with Gasteiger partial charge >= 0.3 is 0 Å². The van der Waals surface area contributed by atoms with Crippen LogP contribution in [0, 0.1) is 12.7 Å². The first-order chi connectivity index (χ1) is 6.15. The molecule has 0 fully saturated rings. The first kappa shape index (κ1) is 9.71. The molecular formula is C10H12FNO. The smallest absolute Gasteiger partial charge is 0.254 e. The van der Waals surface area contributed by atoms with Crippen molar-refractivity contribution in [1.29, 1.82) is 0 Å². The van der Waals surface area contributed by atoms with Crippen molar-refractivity contribution in [2.45, 2.75) is 13.8 Å². The van der Waals surface area contributed by atoms with Gasteiger partial charge in [-0.1, -0.05) is 6.07 Å². The van der Waals surface area contributed by atoms with E-state index in [0.29, 0.717) is 6.54 Å². The summed E-state index contributed by atoms with van der Waals surface area (Å²) in [6.45, 7) is 4.08. The maximum absolute atomic E-state index is 13.2. The average Bonchev–Trinajstić information content (AvgIpc) is 2.04. The van der Waals surface area contributed by atoms with E-state index in [2.05, 4.69) is 5.32 Å². The van der Waals surface area contributed by atoms with Crippen LogP contribution in [0.1, 0.15) is 22.8 Å². The molecule has 0 saturated heterocycles. The van der Waals surface area contributed by atoms with E-state index in [-0.39, 0.29) is 11.5 Å². The predicted molar refractivity (Wildman–Crippen MR) is 49.1 cm³/mol. The van der Waals surface area contributed by atoms with Crippen molar-refractivity contribution in [2.75, 3.05) is 6.54 Å². The Bertz CT molecular complexity index is 323. The third-order valence-electron chi connectivity index (χ3n) is 1.71. The van der Waals surface area contributed by atoms with Crippen molar-refractivity contribution in [1.82, 2.24) is 5.32 Å². The van der Waals surface area contributed by atoms with Gasteiger partial charge in [-0.3, -0.25) is 4.79 Å². The van der Waals surface area contributed by atoms with E-state index >= 15 is 0 Å². The SMILES string of the molecule is CCNC(=O)c1ccc(C)cc1F.